The number of carboxylic acid groups (broad SMARTS) is 1. The summed E-state index contributed by atoms with van der Waals surface area (Å²) in [5.74, 6) is -0.455. The number of oxime groups is 1. The molecule has 0 bridgehead atoms. The number of piperidine rings is 1. The monoisotopic (exact) mass is 305 g/mol. The molecule has 118 valence electrons. The van der Waals surface area contributed by atoms with E-state index in [0.717, 1.165) is 5.56 Å². The highest BCUT2D eigenvalue weighted by Crippen LogP contribution is 2.10. The number of nitrogens with one attached hydrogen (secondary N) is 2. The van der Waals surface area contributed by atoms with Gasteiger partial charge in [-0.3, -0.25) is 0 Å². The van der Waals surface area contributed by atoms with Crippen molar-refractivity contribution in [2.45, 2.75) is 31.8 Å². The smallest absolute Gasteiger partial charge is 0.404 e. The van der Waals surface area contributed by atoms with E-state index in [-0.39, 0.29) is 6.04 Å². The van der Waals surface area contributed by atoms with Gasteiger partial charge in [0.25, 0.3) is 0 Å². The summed E-state index contributed by atoms with van der Waals surface area (Å²) in [7, 11) is 0. The van der Waals surface area contributed by atoms with E-state index in [1.54, 1.807) is 6.92 Å². The van der Waals surface area contributed by atoms with Gasteiger partial charge < -0.3 is 20.6 Å². The Hall–Kier alpha value is -2.41. The Bertz CT molecular complexity index is 551. The molecule has 22 heavy (non-hydrogen) atoms. The van der Waals surface area contributed by atoms with Crippen LogP contribution in [0.1, 0.15) is 25.3 Å². The Morgan fingerprint density at radius 2 is 2.05 bits per heavy atom. The molecule has 3 N–H and O–H groups in total. The lowest BCUT2D eigenvalue weighted by atomic mass is 10.0. The molecular formula is C15H19N3O4. The molecular weight excluding hydrogens is 286 g/mol. The maximum Gasteiger partial charge on any atom is 0.404 e. The first-order valence-corrected chi connectivity index (χ1v) is 7.10. The highest BCUT2D eigenvalue weighted by atomic mass is 16.7. The van der Waals surface area contributed by atoms with Crippen LogP contribution in [-0.4, -0.2) is 41.5 Å². The Balaban J connectivity index is 1.82. The number of nitrogens with zero attached hydrogens (tertiary/aromatic N) is 1. The van der Waals surface area contributed by atoms with Gasteiger partial charge in [0.15, 0.2) is 0 Å². The van der Waals surface area contributed by atoms with Gasteiger partial charge >= 0.3 is 12.1 Å². The number of benzene rings is 1. The molecule has 0 radical (unpaired) electrons. The van der Waals surface area contributed by atoms with Crippen LogP contribution < -0.4 is 10.6 Å². The lowest BCUT2D eigenvalue weighted by molar-refractivity contribution is -0.146. The highest BCUT2D eigenvalue weighted by molar-refractivity contribution is 5.98. The number of hydrogen-bond donors (Lipinski definition) is 3. The fraction of sp³-hybridized carbons (Fsp3) is 0.400. The Morgan fingerprint density at radius 1 is 1.32 bits per heavy atom. The molecule has 0 saturated carbocycles. The molecule has 1 amide bonds. The van der Waals surface area contributed by atoms with Crippen molar-refractivity contribution >= 4 is 17.8 Å². The third-order valence-electron chi connectivity index (χ3n) is 3.49. The first-order valence-electron chi connectivity index (χ1n) is 7.10. The van der Waals surface area contributed by atoms with Crippen molar-refractivity contribution in [2.75, 3.05) is 6.54 Å². The molecule has 1 aromatic carbocycles. The van der Waals surface area contributed by atoms with E-state index in [1.807, 2.05) is 30.3 Å². The molecule has 0 aliphatic carbocycles. The minimum absolute atomic E-state index is 0.184. The van der Waals surface area contributed by atoms with Crippen molar-refractivity contribution in [3.05, 3.63) is 35.9 Å². The van der Waals surface area contributed by atoms with Crippen LogP contribution in [0.3, 0.4) is 0 Å². The van der Waals surface area contributed by atoms with Crippen LogP contribution in [0.15, 0.2) is 35.5 Å². The fourth-order valence-electron chi connectivity index (χ4n) is 2.26. The predicted molar refractivity (Wildman–Crippen MR) is 80.7 cm³/mol. The summed E-state index contributed by atoms with van der Waals surface area (Å²) < 4.78 is 0. The fourth-order valence-corrected chi connectivity index (χ4v) is 2.26. The zero-order chi connectivity index (χ0) is 15.9. The third kappa shape index (κ3) is 4.56. The van der Waals surface area contributed by atoms with Crippen molar-refractivity contribution in [3.63, 3.8) is 0 Å². The SMILES string of the molecule is C/C(=N/OC(=O)[C@@H]1CC[C@@H](NC(=O)O)CN1)c1ccccc1. The van der Waals surface area contributed by atoms with Crippen LogP contribution in [0.25, 0.3) is 0 Å². The molecule has 1 aromatic rings. The second-order valence-corrected chi connectivity index (χ2v) is 5.14. The summed E-state index contributed by atoms with van der Waals surface area (Å²) in [6, 6.07) is 8.79. The quantitative estimate of drug-likeness (QED) is 0.443. The van der Waals surface area contributed by atoms with Crippen LogP contribution in [0, 0.1) is 0 Å². The number of carbonyl (C=O) groups excluding carboxylic acids is 1. The zero-order valence-corrected chi connectivity index (χ0v) is 12.3. The molecule has 2 rings (SSSR count). The van der Waals surface area contributed by atoms with Crippen molar-refractivity contribution < 1.29 is 19.5 Å². The standard InChI is InChI=1S/C15H19N3O4/c1-10(11-5-3-2-4-6-11)18-22-14(19)13-8-7-12(9-16-13)17-15(20)21/h2-6,12-13,16-17H,7-9H2,1H3,(H,20,21)/b18-10-/t12-,13+/m1/s1. The van der Waals surface area contributed by atoms with Crippen molar-refractivity contribution in [2.24, 2.45) is 5.16 Å². The molecule has 1 aliphatic heterocycles. The van der Waals surface area contributed by atoms with Gasteiger partial charge in [0, 0.05) is 12.6 Å². The second-order valence-electron chi connectivity index (χ2n) is 5.14. The lowest BCUT2D eigenvalue weighted by Crippen LogP contribution is -2.52. The van der Waals surface area contributed by atoms with E-state index in [9.17, 15) is 9.59 Å². The topological polar surface area (TPSA) is 100 Å². The van der Waals surface area contributed by atoms with Crippen LogP contribution in [0.5, 0.6) is 0 Å². The maximum atomic E-state index is 11.9. The van der Waals surface area contributed by atoms with Gasteiger partial charge in [-0.15, -0.1) is 0 Å². The number of hydrogen-bond acceptors (Lipinski definition) is 5. The van der Waals surface area contributed by atoms with Crippen LogP contribution >= 0.6 is 0 Å². The molecule has 1 fully saturated rings. The molecule has 0 aromatic heterocycles. The number of rotatable bonds is 4. The minimum atomic E-state index is -1.06. The van der Waals surface area contributed by atoms with Crippen molar-refractivity contribution in [1.82, 2.24) is 10.6 Å². The van der Waals surface area contributed by atoms with E-state index in [1.165, 1.54) is 0 Å². The summed E-state index contributed by atoms with van der Waals surface area (Å²) >= 11 is 0. The third-order valence-corrected chi connectivity index (χ3v) is 3.49. The first-order chi connectivity index (χ1) is 10.6. The molecule has 7 heteroatoms. The molecule has 1 saturated heterocycles. The minimum Gasteiger partial charge on any atom is -0.465 e. The summed E-state index contributed by atoms with van der Waals surface area (Å²) in [5, 5.41) is 17.9. The van der Waals surface area contributed by atoms with Crippen molar-refractivity contribution in [3.8, 4) is 0 Å². The normalized spacial score (nSPS) is 22.0. The maximum absolute atomic E-state index is 11.9. The van der Waals surface area contributed by atoms with Crippen LogP contribution in [0.4, 0.5) is 4.79 Å². The Morgan fingerprint density at radius 3 is 2.64 bits per heavy atom. The second kappa shape index (κ2) is 7.56. The number of amides is 1. The van der Waals surface area contributed by atoms with Crippen LogP contribution in [-0.2, 0) is 9.63 Å². The molecule has 0 spiro atoms. The Kier molecular flexibility index (Phi) is 5.48. The van der Waals surface area contributed by atoms with E-state index in [2.05, 4.69) is 15.8 Å². The Labute approximate surface area is 128 Å². The summed E-state index contributed by atoms with van der Waals surface area (Å²) in [4.78, 5) is 27.4. The van der Waals surface area contributed by atoms with E-state index < -0.39 is 18.1 Å². The summed E-state index contributed by atoms with van der Waals surface area (Å²) in [5.41, 5.74) is 1.51. The van der Waals surface area contributed by atoms with E-state index in [0.29, 0.717) is 25.1 Å². The van der Waals surface area contributed by atoms with Gasteiger partial charge in [0.05, 0.1) is 5.71 Å². The summed E-state index contributed by atoms with van der Waals surface area (Å²) in [6.07, 6.45) is 0.0281. The van der Waals surface area contributed by atoms with Crippen molar-refractivity contribution in [1.29, 1.82) is 0 Å². The van der Waals surface area contributed by atoms with E-state index in [4.69, 9.17) is 9.94 Å². The van der Waals surface area contributed by atoms with E-state index >= 15 is 0 Å². The average molecular weight is 305 g/mol. The predicted octanol–water partition coefficient (Wildman–Crippen LogP) is 1.34. The molecule has 7 nitrogen and oxygen atoms in total. The van der Waals surface area contributed by atoms with Crippen LogP contribution in [0.2, 0.25) is 0 Å². The lowest BCUT2D eigenvalue weighted by Gasteiger charge is -2.27. The molecule has 2 atom stereocenters. The molecule has 1 heterocycles. The largest absolute Gasteiger partial charge is 0.465 e. The van der Waals surface area contributed by atoms with Gasteiger partial charge in [0.1, 0.15) is 6.04 Å². The van der Waals surface area contributed by atoms with Gasteiger partial charge in [-0.2, -0.15) is 0 Å². The zero-order valence-electron chi connectivity index (χ0n) is 12.3. The number of carbonyl (C=O) groups is 2. The van der Waals surface area contributed by atoms with Gasteiger partial charge in [-0.25, -0.2) is 9.59 Å². The highest BCUT2D eigenvalue weighted by Gasteiger charge is 2.27. The van der Waals surface area contributed by atoms with Gasteiger partial charge in [-0.1, -0.05) is 35.5 Å². The van der Waals surface area contributed by atoms with Gasteiger partial charge in [-0.05, 0) is 25.3 Å². The summed E-state index contributed by atoms with van der Waals surface area (Å²) in [6.45, 7) is 2.16. The first kappa shape index (κ1) is 16.0. The van der Waals surface area contributed by atoms with Gasteiger partial charge in [0.2, 0.25) is 0 Å². The average Bonchev–Trinajstić information content (AvgIpc) is 2.53. The molecule has 1 aliphatic rings. The molecule has 0 unspecified atom stereocenters.